The molecular weight excluding hydrogens is 232 g/mol. The first-order chi connectivity index (χ1) is 8.61. The molecule has 1 saturated heterocycles. The zero-order valence-electron chi connectivity index (χ0n) is 10.6. The summed E-state index contributed by atoms with van der Waals surface area (Å²) in [5.41, 5.74) is 6.48. The van der Waals surface area contributed by atoms with E-state index in [1.54, 1.807) is 0 Å². The highest BCUT2D eigenvalue weighted by atomic mass is 16.3. The number of aliphatic hydroxyl groups excluding tert-OH is 2. The lowest BCUT2D eigenvalue weighted by atomic mass is 10.3. The Morgan fingerprint density at radius 1 is 1.56 bits per heavy atom. The molecule has 0 saturated carbocycles. The zero-order chi connectivity index (χ0) is 13.1. The molecule has 6 heteroatoms. The Balaban J connectivity index is 2.20. The van der Waals surface area contributed by atoms with Gasteiger partial charge < -0.3 is 25.7 Å². The van der Waals surface area contributed by atoms with Gasteiger partial charge in [-0.15, -0.1) is 0 Å². The molecule has 1 fully saturated rings. The van der Waals surface area contributed by atoms with Crippen molar-refractivity contribution in [2.75, 3.05) is 48.8 Å². The maximum Gasteiger partial charge on any atom is 0.154 e. The number of anilines is 3. The summed E-state index contributed by atoms with van der Waals surface area (Å²) in [7, 11) is 1.84. The first-order valence-corrected chi connectivity index (χ1v) is 6.13. The molecule has 0 spiro atoms. The Morgan fingerprint density at radius 2 is 2.33 bits per heavy atom. The molecule has 100 valence electrons. The molecule has 6 nitrogen and oxygen atoms in total. The van der Waals surface area contributed by atoms with E-state index in [0.29, 0.717) is 24.6 Å². The first kappa shape index (κ1) is 12.9. The fourth-order valence-electron chi connectivity index (χ4n) is 2.14. The molecule has 0 bridgehead atoms. The van der Waals surface area contributed by atoms with Crippen molar-refractivity contribution in [3.05, 3.63) is 12.1 Å². The van der Waals surface area contributed by atoms with Crippen LogP contribution >= 0.6 is 0 Å². The molecule has 18 heavy (non-hydrogen) atoms. The van der Waals surface area contributed by atoms with E-state index in [2.05, 4.69) is 4.98 Å². The third-order valence-electron chi connectivity index (χ3n) is 3.17. The van der Waals surface area contributed by atoms with Crippen LogP contribution in [0.5, 0.6) is 0 Å². The van der Waals surface area contributed by atoms with Crippen LogP contribution in [0.2, 0.25) is 0 Å². The van der Waals surface area contributed by atoms with Crippen molar-refractivity contribution < 1.29 is 10.2 Å². The van der Waals surface area contributed by atoms with Gasteiger partial charge in [-0.3, -0.25) is 0 Å². The monoisotopic (exact) mass is 252 g/mol. The Labute approximate surface area is 107 Å². The van der Waals surface area contributed by atoms with Crippen LogP contribution in [-0.2, 0) is 0 Å². The molecule has 1 atom stereocenters. The lowest BCUT2D eigenvalue weighted by Gasteiger charge is -2.22. The van der Waals surface area contributed by atoms with Crippen LogP contribution in [0, 0.1) is 0 Å². The minimum Gasteiger partial charge on any atom is -0.396 e. The average molecular weight is 252 g/mol. The van der Waals surface area contributed by atoms with Crippen molar-refractivity contribution in [1.82, 2.24) is 4.98 Å². The minimum atomic E-state index is -0.275. The summed E-state index contributed by atoms with van der Waals surface area (Å²) in [4.78, 5) is 8.38. The quantitative estimate of drug-likeness (QED) is 0.680. The van der Waals surface area contributed by atoms with Gasteiger partial charge in [-0.1, -0.05) is 0 Å². The summed E-state index contributed by atoms with van der Waals surface area (Å²) in [6.07, 6.45) is 0.497. The van der Waals surface area contributed by atoms with Gasteiger partial charge in [-0.25, -0.2) is 4.98 Å². The molecule has 1 aromatic rings. The molecule has 4 N–H and O–H groups in total. The largest absolute Gasteiger partial charge is 0.396 e. The minimum absolute atomic E-state index is 0.0598. The number of rotatable bonds is 4. The third-order valence-corrected chi connectivity index (χ3v) is 3.17. The summed E-state index contributed by atoms with van der Waals surface area (Å²) in [6, 6.07) is 3.68. The molecule has 1 aliphatic heterocycles. The average Bonchev–Trinajstić information content (AvgIpc) is 2.77. The summed E-state index contributed by atoms with van der Waals surface area (Å²) in [5, 5.41) is 18.5. The number of hydrogen-bond donors (Lipinski definition) is 3. The molecule has 2 rings (SSSR count). The summed E-state index contributed by atoms with van der Waals surface area (Å²) in [5.74, 6) is 1.49. The van der Waals surface area contributed by atoms with Gasteiger partial charge in [0, 0.05) is 26.7 Å². The van der Waals surface area contributed by atoms with Gasteiger partial charge in [0.1, 0.15) is 5.82 Å². The van der Waals surface area contributed by atoms with Gasteiger partial charge in [-0.05, 0) is 18.6 Å². The molecular formula is C12H20N4O2. The number of nitrogen functional groups attached to an aromatic ring is 1. The maximum absolute atomic E-state index is 9.54. The van der Waals surface area contributed by atoms with E-state index in [4.69, 9.17) is 10.8 Å². The number of aromatic nitrogens is 1. The first-order valence-electron chi connectivity index (χ1n) is 6.13. The van der Waals surface area contributed by atoms with Gasteiger partial charge in [0.05, 0.1) is 18.4 Å². The molecule has 1 aromatic heterocycles. The second-order valence-corrected chi connectivity index (χ2v) is 4.62. The molecule has 0 aromatic carbocycles. The van der Waals surface area contributed by atoms with Crippen LogP contribution in [0.25, 0.3) is 0 Å². The van der Waals surface area contributed by atoms with Crippen LogP contribution in [-0.4, -0.2) is 54.6 Å². The Bertz CT molecular complexity index is 413. The van der Waals surface area contributed by atoms with E-state index in [0.717, 1.165) is 18.8 Å². The van der Waals surface area contributed by atoms with Crippen molar-refractivity contribution in [1.29, 1.82) is 0 Å². The fourth-order valence-corrected chi connectivity index (χ4v) is 2.14. The maximum atomic E-state index is 9.54. The van der Waals surface area contributed by atoms with E-state index in [1.165, 1.54) is 0 Å². The second-order valence-electron chi connectivity index (χ2n) is 4.62. The number of nitrogens with zero attached hydrogens (tertiary/aromatic N) is 3. The molecule has 2 heterocycles. The topological polar surface area (TPSA) is 85.8 Å². The van der Waals surface area contributed by atoms with Crippen molar-refractivity contribution >= 4 is 17.3 Å². The molecule has 0 radical (unpaired) electrons. The van der Waals surface area contributed by atoms with Crippen LogP contribution in [0.4, 0.5) is 17.3 Å². The number of hydrogen-bond acceptors (Lipinski definition) is 6. The van der Waals surface area contributed by atoms with Crippen LogP contribution in [0.15, 0.2) is 12.1 Å². The summed E-state index contributed by atoms with van der Waals surface area (Å²) >= 11 is 0. The summed E-state index contributed by atoms with van der Waals surface area (Å²) in [6.45, 7) is 1.97. The normalized spacial score (nSPS) is 19.3. The number of β-amino-alcohol motifs (C(OH)–C–C–N with tert-alkyl or cyclic N) is 1. The summed E-state index contributed by atoms with van der Waals surface area (Å²) < 4.78 is 0. The lowest BCUT2D eigenvalue weighted by Crippen LogP contribution is -2.26. The van der Waals surface area contributed by atoms with E-state index in [1.807, 2.05) is 29.0 Å². The predicted octanol–water partition coefficient (Wildman–Crippen LogP) is -0.337. The van der Waals surface area contributed by atoms with E-state index < -0.39 is 0 Å². The SMILES string of the molecule is CN(CCO)c1nc(N2CCC(O)C2)ccc1N. The van der Waals surface area contributed by atoms with Crippen LogP contribution in [0.1, 0.15) is 6.42 Å². The molecule has 1 aliphatic rings. The Hall–Kier alpha value is -1.53. The number of pyridine rings is 1. The number of nitrogens with two attached hydrogens (primary N) is 1. The fraction of sp³-hybridized carbons (Fsp3) is 0.583. The number of likely N-dealkylation sites (N-methyl/N-ethyl adjacent to an activating group) is 1. The van der Waals surface area contributed by atoms with Crippen molar-refractivity contribution in [2.24, 2.45) is 0 Å². The Kier molecular flexibility index (Phi) is 3.88. The van der Waals surface area contributed by atoms with Gasteiger partial charge in [0.25, 0.3) is 0 Å². The van der Waals surface area contributed by atoms with Crippen molar-refractivity contribution in [3.8, 4) is 0 Å². The highest BCUT2D eigenvalue weighted by Gasteiger charge is 2.22. The van der Waals surface area contributed by atoms with E-state index >= 15 is 0 Å². The van der Waals surface area contributed by atoms with Crippen LogP contribution in [0.3, 0.4) is 0 Å². The Morgan fingerprint density at radius 3 is 2.94 bits per heavy atom. The molecule has 1 unspecified atom stereocenters. The van der Waals surface area contributed by atoms with Gasteiger partial charge >= 0.3 is 0 Å². The van der Waals surface area contributed by atoms with Gasteiger partial charge in [-0.2, -0.15) is 0 Å². The van der Waals surface area contributed by atoms with E-state index in [9.17, 15) is 5.11 Å². The third kappa shape index (κ3) is 2.65. The van der Waals surface area contributed by atoms with E-state index in [-0.39, 0.29) is 12.7 Å². The standard InChI is InChI=1S/C12H20N4O2/c1-15(6-7-17)12-10(13)2-3-11(14-12)16-5-4-9(18)8-16/h2-3,9,17-18H,4-8,13H2,1H3. The molecule has 0 aliphatic carbocycles. The van der Waals surface area contributed by atoms with Gasteiger partial charge in [0.2, 0.25) is 0 Å². The molecule has 0 amide bonds. The lowest BCUT2D eigenvalue weighted by molar-refractivity contribution is 0.198. The van der Waals surface area contributed by atoms with Gasteiger partial charge in [0.15, 0.2) is 5.82 Å². The second kappa shape index (κ2) is 5.41. The van der Waals surface area contributed by atoms with Crippen molar-refractivity contribution in [3.63, 3.8) is 0 Å². The van der Waals surface area contributed by atoms with Crippen molar-refractivity contribution in [2.45, 2.75) is 12.5 Å². The highest BCUT2D eigenvalue weighted by molar-refractivity contribution is 5.66. The van der Waals surface area contributed by atoms with Crippen LogP contribution < -0.4 is 15.5 Å². The smallest absolute Gasteiger partial charge is 0.154 e. The predicted molar refractivity (Wildman–Crippen MR) is 71.8 cm³/mol. The highest BCUT2D eigenvalue weighted by Crippen LogP contribution is 2.25. The number of aliphatic hydroxyl groups is 2. The zero-order valence-corrected chi connectivity index (χ0v) is 10.6.